The molecule has 1 fully saturated rings. The van der Waals surface area contributed by atoms with Crippen LogP contribution < -0.4 is 25.5 Å². The molecular formula is C25H29BrN4O5. The molecule has 9 nitrogen and oxygen atoms in total. The van der Waals surface area contributed by atoms with E-state index in [9.17, 15) is 14.4 Å². The summed E-state index contributed by atoms with van der Waals surface area (Å²) in [5.41, 5.74) is 6.65. The highest BCUT2D eigenvalue weighted by Gasteiger charge is 2.26. The molecule has 1 aliphatic carbocycles. The van der Waals surface area contributed by atoms with Gasteiger partial charge in [-0.1, -0.05) is 17.7 Å². The number of benzene rings is 2. The van der Waals surface area contributed by atoms with Crippen LogP contribution in [-0.4, -0.2) is 43.2 Å². The van der Waals surface area contributed by atoms with Gasteiger partial charge in [-0.05, 0) is 85.3 Å². The molecule has 3 N–H and O–H groups in total. The number of rotatable bonds is 9. The number of halogens is 1. The van der Waals surface area contributed by atoms with Crippen LogP contribution in [0.25, 0.3) is 0 Å². The van der Waals surface area contributed by atoms with Crippen LogP contribution >= 0.6 is 15.9 Å². The molecule has 0 unspecified atom stereocenters. The van der Waals surface area contributed by atoms with Gasteiger partial charge in [-0.15, -0.1) is 0 Å². The molecule has 186 valence electrons. The Bertz CT molecular complexity index is 1140. The van der Waals surface area contributed by atoms with Crippen molar-refractivity contribution in [3.63, 3.8) is 0 Å². The van der Waals surface area contributed by atoms with Crippen molar-refractivity contribution in [3.8, 4) is 11.5 Å². The molecule has 1 saturated carbocycles. The number of hydrazone groups is 1. The topological polar surface area (TPSA) is 118 Å². The van der Waals surface area contributed by atoms with Crippen molar-refractivity contribution >= 4 is 45.6 Å². The lowest BCUT2D eigenvalue weighted by molar-refractivity contribution is -0.139. The van der Waals surface area contributed by atoms with Crippen LogP contribution in [0.1, 0.15) is 42.0 Å². The molecule has 0 atom stereocenters. The van der Waals surface area contributed by atoms with Crippen molar-refractivity contribution in [2.45, 2.75) is 46.6 Å². The molecule has 0 radical (unpaired) electrons. The second kappa shape index (κ2) is 11.8. The van der Waals surface area contributed by atoms with E-state index in [1.807, 2.05) is 39.8 Å². The van der Waals surface area contributed by atoms with Gasteiger partial charge in [0, 0.05) is 11.7 Å². The standard InChI is InChI=1S/C25H29BrN4O5/c1-5-34-20-11-17(12-27-30-25(33)24(32)28-18-6-7-18)10-19(26)23(20)35-13-21(31)29-22-15(3)8-14(2)9-16(22)4/h8-12,18H,5-7,13H2,1-4H3,(H,28,32)(H,29,31)(H,30,33)/b27-12-. The van der Waals surface area contributed by atoms with Crippen LogP contribution in [0.2, 0.25) is 0 Å². The highest BCUT2D eigenvalue weighted by Crippen LogP contribution is 2.36. The molecule has 2 aromatic rings. The van der Waals surface area contributed by atoms with Crippen molar-refractivity contribution in [1.82, 2.24) is 10.7 Å². The highest BCUT2D eigenvalue weighted by molar-refractivity contribution is 9.10. The molecule has 3 rings (SSSR count). The van der Waals surface area contributed by atoms with Crippen LogP contribution in [-0.2, 0) is 14.4 Å². The van der Waals surface area contributed by atoms with Gasteiger partial charge >= 0.3 is 11.8 Å². The summed E-state index contributed by atoms with van der Waals surface area (Å²) < 4.78 is 12.0. The lowest BCUT2D eigenvalue weighted by Crippen LogP contribution is -2.38. The number of anilines is 1. The van der Waals surface area contributed by atoms with Crippen LogP contribution in [0.3, 0.4) is 0 Å². The third-order valence-corrected chi connectivity index (χ3v) is 5.71. The Kier molecular flexibility index (Phi) is 8.86. The molecular weight excluding hydrogens is 516 g/mol. The number of hydrogen-bond acceptors (Lipinski definition) is 6. The summed E-state index contributed by atoms with van der Waals surface area (Å²) in [7, 11) is 0. The van der Waals surface area contributed by atoms with E-state index in [0.29, 0.717) is 28.1 Å². The Hall–Kier alpha value is -3.40. The Morgan fingerprint density at radius 1 is 1.06 bits per heavy atom. The summed E-state index contributed by atoms with van der Waals surface area (Å²) in [5.74, 6) is -1.07. The summed E-state index contributed by atoms with van der Waals surface area (Å²) in [5, 5.41) is 9.34. The van der Waals surface area contributed by atoms with Crippen molar-refractivity contribution in [2.24, 2.45) is 5.10 Å². The number of carbonyl (C=O) groups excluding carboxylic acids is 3. The predicted octanol–water partition coefficient (Wildman–Crippen LogP) is 3.52. The minimum Gasteiger partial charge on any atom is -0.490 e. The first-order valence-corrected chi connectivity index (χ1v) is 12.1. The first kappa shape index (κ1) is 26.2. The number of hydrogen-bond donors (Lipinski definition) is 3. The zero-order valence-electron chi connectivity index (χ0n) is 20.2. The lowest BCUT2D eigenvalue weighted by Gasteiger charge is -2.16. The van der Waals surface area contributed by atoms with E-state index < -0.39 is 11.8 Å². The maximum Gasteiger partial charge on any atom is 0.329 e. The second-order valence-electron chi connectivity index (χ2n) is 8.32. The Morgan fingerprint density at radius 2 is 1.74 bits per heavy atom. The van der Waals surface area contributed by atoms with E-state index >= 15 is 0 Å². The average Bonchev–Trinajstić information content (AvgIpc) is 3.59. The number of amides is 3. The van der Waals surface area contributed by atoms with Crippen molar-refractivity contribution in [3.05, 3.63) is 51.0 Å². The monoisotopic (exact) mass is 544 g/mol. The molecule has 35 heavy (non-hydrogen) atoms. The molecule has 0 heterocycles. The van der Waals surface area contributed by atoms with Gasteiger partial charge in [-0.25, -0.2) is 5.43 Å². The molecule has 0 spiro atoms. The maximum absolute atomic E-state index is 12.6. The molecule has 3 amide bonds. The van der Waals surface area contributed by atoms with Crippen molar-refractivity contribution < 1.29 is 23.9 Å². The van der Waals surface area contributed by atoms with Crippen LogP contribution in [0, 0.1) is 20.8 Å². The van der Waals surface area contributed by atoms with E-state index in [2.05, 4.69) is 37.1 Å². The number of ether oxygens (including phenoxy) is 2. The number of nitrogens with one attached hydrogen (secondary N) is 3. The molecule has 1 aliphatic rings. The van der Waals surface area contributed by atoms with Gasteiger partial charge in [0.15, 0.2) is 18.1 Å². The van der Waals surface area contributed by atoms with Gasteiger partial charge < -0.3 is 20.1 Å². The molecule has 10 heteroatoms. The number of carbonyl (C=O) groups is 3. The Balaban J connectivity index is 1.64. The fraction of sp³-hybridized carbons (Fsp3) is 0.360. The van der Waals surface area contributed by atoms with Gasteiger partial charge in [0.1, 0.15) is 0 Å². The zero-order chi connectivity index (χ0) is 25.5. The Morgan fingerprint density at radius 3 is 2.37 bits per heavy atom. The van der Waals surface area contributed by atoms with Crippen LogP contribution in [0.5, 0.6) is 11.5 Å². The summed E-state index contributed by atoms with van der Waals surface area (Å²) >= 11 is 3.44. The SMILES string of the molecule is CCOc1cc(/C=N\NC(=O)C(=O)NC2CC2)cc(Br)c1OCC(=O)Nc1c(C)cc(C)cc1C. The van der Waals surface area contributed by atoms with E-state index in [0.717, 1.165) is 35.2 Å². The van der Waals surface area contributed by atoms with Gasteiger partial charge in [0.05, 0.1) is 17.3 Å². The third kappa shape index (κ3) is 7.54. The predicted molar refractivity (Wildman–Crippen MR) is 137 cm³/mol. The van der Waals surface area contributed by atoms with Crippen LogP contribution in [0.4, 0.5) is 5.69 Å². The Labute approximate surface area is 212 Å². The van der Waals surface area contributed by atoms with Gasteiger partial charge in [-0.3, -0.25) is 14.4 Å². The molecule has 2 aromatic carbocycles. The van der Waals surface area contributed by atoms with Gasteiger partial charge in [0.25, 0.3) is 5.91 Å². The van der Waals surface area contributed by atoms with Gasteiger partial charge in [-0.2, -0.15) is 5.10 Å². The summed E-state index contributed by atoms with van der Waals surface area (Å²) in [6.45, 7) is 7.88. The largest absolute Gasteiger partial charge is 0.490 e. The van der Waals surface area contributed by atoms with E-state index in [4.69, 9.17) is 9.47 Å². The summed E-state index contributed by atoms with van der Waals surface area (Å²) in [6, 6.07) is 7.46. The minimum absolute atomic E-state index is 0.0847. The normalized spacial score (nSPS) is 12.8. The number of nitrogens with zero attached hydrogens (tertiary/aromatic N) is 1. The van der Waals surface area contributed by atoms with E-state index in [1.165, 1.54) is 6.21 Å². The van der Waals surface area contributed by atoms with Crippen molar-refractivity contribution in [1.29, 1.82) is 0 Å². The average molecular weight is 545 g/mol. The van der Waals surface area contributed by atoms with Gasteiger partial charge in [0.2, 0.25) is 0 Å². The first-order valence-electron chi connectivity index (χ1n) is 11.3. The smallest absolute Gasteiger partial charge is 0.329 e. The van der Waals surface area contributed by atoms with E-state index in [-0.39, 0.29) is 18.6 Å². The molecule has 0 bridgehead atoms. The molecule has 0 aromatic heterocycles. The fourth-order valence-corrected chi connectivity index (χ4v) is 4.02. The summed E-state index contributed by atoms with van der Waals surface area (Å²) in [4.78, 5) is 36.1. The highest BCUT2D eigenvalue weighted by atomic mass is 79.9. The third-order valence-electron chi connectivity index (χ3n) is 5.12. The van der Waals surface area contributed by atoms with E-state index in [1.54, 1.807) is 12.1 Å². The quantitative estimate of drug-likeness (QED) is 0.253. The fourth-order valence-electron chi connectivity index (χ4n) is 3.45. The first-order chi connectivity index (χ1) is 16.7. The molecule has 0 saturated heterocycles. The second-order valence-corrected chi connectivity index (χ2v) is 9.17. The summed E-state index contributed by atoms with van der Waals surface area (Å²) in [6.07, 6.45) is 3.16. The maximum atomic E-state index is 12.6. The minimum atomic E-state index is -0.831. The van der Waals surface area contributed by atoms with Crippen molar-refractivity contribution in [2.75, 3.05) is 18.5 Å². The number of aryl methyl sites for hydroxylation is 3. The van der Waals surface area contributed by atoms with Crippen LogP contribution in [0.15, 0.2) is 33.8 Å². The molecule has 0 aliphatic heterocycles. The zero-order valence-corrected chi connectivity index (χ0v) is 21.7. The lowest BCUT2D eigenvalue weighted by atomic mass is 10.1.